The molecule has 124 valence electrons. The van der Waals surface area contributed by atoms with Crippen LogP contribution in [-0.2, 0) is 4.79 Å². The second-order valence-electron chi connectivity index (χ2n) is 5.45. The van der Waals surface area contributed by atoms with Crippen LogP contribution in [0.3, 0.4) is 0 Å². The fourth-order valence-electron chi connectivity index (χ4n) is 2.11. The maximum absolute atomic E-state index is 10.5. The molecule has 0 atom stereocenters. The van der Waals surface area contributed by atoms with E-state index in [2.05, 4.69) is 31.2 Å². The maximum atomic E-state index is 10.5. The number of hydrogen-bond donors (Lipinski definition) is 1. The summed E-state index contributed by atoms with van der Waals surface area (Å²) < 4.78 is 0. The first-order valence-electron chi connectivity index (χ1n) is 8.35. The molecule has 2 N–H and O–H groups in total. The fraction of sp³-hybridized carbons (Fsp3) is 0.722. The van der Waals surface area contributed by atoms with E-state index < -0.39 is 0 Å². The van der Waals surface area contributed by atoms with Gasteiger partial charge in [-0.3, -0.25) is 4.79 Å². The topological polar surface area (TPSA) is 43.1 Å². The minimum absolute atomic E-state index is 0. The SMILES string of the molecule is CCCCC/C=C\C/C=C\CCCCCCCC(N)=O.Cl. The van der Waals surface area contributed by atoms with Crippen molar-refractivity contribution < 1.29 is 4.79 Å². The molecule has 0 bridgehead atoms. The molecule has 0 rings (SSSR count). The first-order chi connectivity index (χ1) is 9.77. The predicted molar refractivity (Wildman–Crippen MR) is 95.8 cm³/mol. The molecule has 1 amide bonds. The summed E-state index contributed by atoms with van der Waals surface area (Å²) in [5.41, 5.74) is 5.09. The van der Waals surface area contributed by atoms with Gasteiger partial charge in [-0.25, -0.2) is 0 Å². The zero-order chi connectivity index (χ0) is 14.9. The monoisotopic (exact) mass is 315 g/mol. The van der Waals surface area contributed by atoms with E-state index in [1.54, 1.807) is 0 Å². The van der Waals surface area contributed by atoms with Crippen LogP contribution in [0.15, 0.2) is 24.3 Å². The summed E-state index contributed by atoms with van der Waals surface area (Å²) in [6, 6.07) is 0. The highest BCUT2D eigenvalue weighted by molar-refractivity contribution is 5.85. The third-order valence-corrected chi connectivity index (χ3v) is 3.37. The second kappa shape index (κ2) is 19.2. The Hall–Kier alpha value is -0.760. The van der Waals surface area contributed by atoms with Gasteiger partial charge in [0.25, 0.3) is 0 Å². The van der Waals surface area contributed by atoms with Crippen LogP contribution in [0.1, 0.15) is 84.0 Å². The summed E-state index contributed by atoms with van der Waals surface area (Å²) in [6.45, 7) is 2.24. The first-order valence-corrected chi connectivity index (χ1v) is 8.35. The number of rotatable bonds is 14. The van der Waals surface area contributed by atoms with E-state index in [-0.39, 0.29) is 18.3 Å². The van der Waals surface area contributed by atoms with Gasteiger partial charge in [0.1, 0.15) is 0 Å². The molecule has 0 radical (unpaired) electrons. The quantitative estimate of drug-likeness (QED) is 0.324. The highest BCUT2D eigenvalue weighted by Crippen LogP contribution is 2.07. The average molecular weight is 316 g/mol. The van der Waals surface area contributed by atoms with Crippen molar-refractivity contribution in [2.45, 2.75) is 84.0 Å². The van der Waals surface area contributed by atoms with E-state index in [4.69, 9.17) is 5.73 Å². The molecule has 0 aromatic rings. The molecule has 0 aromatic carbocycles. The largest absolute Gasteiger partial charge is 0.370 e. The van der Waals surface area contributed by atoms with Gasteiger partial charge in [0, 0.05) is 6.42 Å². The van der Waals surface area contributed by atoms with Crippen molar-refractivity contribution in [3.05, 3.63) is 24.3 Å². The molecule has 0 aliphatic heterocycles. The molecular weight excluding hydrogens is 282 g/mol. The van der Waals surface area contributed by atoms with Gasteiger partial charge in [0.05, 0.1) is 0 Å². The van der Waals surface area contributed by atoms with Crippen molar-refractivity contribution in [3.8, 4) is 0 Å². The number of primary amides is 1. The molecule has 0 saturated heterocycles. The van der Waals surface area contributed by atoms with Gasteiger partial charge in [-0.2, -0.15) is 0 Å². The maximum Gasteiger partial charge on any atom is 0.217 e. The van der Waals surface area contributed by atoms with Crippen LogP contribution in [0.25, 0.3) is 0 Å². The molecule has 0 spiro atoms. The Morgan fingerprint density at radius 1 is 0.810 bits per heavy atom. The van der Waals surface area contributed by atoms with E-state index in [0.717, 1.165) is 19.3 Å². The van der Waals surface area contributed by atoms with E-state index in [1.807, 2.05) is 0 Å². The zero-order valence-corrected chi connectivity index (χ0v) is 14.5. The van der Waals surface area contributed by atoms with E-state index in [0.29, 0.717) is 6.42 Å². The molecule has 0 aliphatic carbocycles. The Kier molecular flexibility index (Phi) is 20.6. The Balaban J connectivity index is 0. The Morgan fingerprint density at radius 2 is 1.33 bits per heavy atom. The highest BCUT2D eigenvalue weighted by atomic mass is 35.5. The summed E-state index contributed by atoms with van der Waals surface area (Å²) in [7, 11) is 0. The lowest BCUT2D eigenvalue weighted by Gasteiger charge is -1.98. The average Bonchev–Trinajstić information content (AvgIpc) is 2.43. The summed E-state index contributed by atoms with van der Waals surface area (Å²) in [6.07, 6.45) is 23.0. The standard InChI is InChI=1S/C18H33NO.ClH/c1-2-3-4-5-6-7-8-9-10-11-12-13-14-15-16-17-18(19)20;/h6-7,9-10H,2-5,8,11-17H2,1H3,(H2,19,20);1H/b7-6-,10-9-;. The van der Waals surface area contributed by atoms with Gasteiger partial charge < -0.3 is 5.73 Å². The van der Waals surface area contributed by atoms with Gasteiger partial charge >= 0.3 is 0 Å². The Morgan fingerprint density at radius 3 is 1.90 bits per heavy atom. The summed E-state index contributed by atoms with van der Waals surface area (Å²) >= 11 is 0. The lowest BCUT2D eigenvalue weighted by molar-refractivity contribution is -0.118. The van der Waals surface area contributed by atoms with Crippen molar-refractivity contribution in [1.29, 1.82) is 0 Å². The van der Waals surface area contributed by atoms with Crippen LogP contribution in [-0.4, -0.2) is 5.91 Å². The number of halogens is 1. The Bertz CT molecular complexity index is 274. The lowest BCUT2D eigenvalue weighted by atomic mass is 10.1. The van der Waals surface area contributed by atoms with Crippen LogP contribution >= 0.6 is 12.4 Å². The van der Waals surface area contributed by atoms with Gasteiger partial charge in [-0.1, -0.05) is 63.3 Å². The minimum Gasteiger partial charge on any atom is -0.370 e. The minimum atomic E-state index is -0.171. The summed E-state index contributed by atoms with van der Waals surface area (Å²) in [5.74, 6) is -0.171. The molecule has 0 saturated carbocycles. The van der Waals surface area contributed by atoms with Crippen molar-refractivity contribution in [1.82, 2.24) is 0 Å². The number of carbonyl (C=O) groups excluding carboxylic acids is 1. The van der Waals surface area contributed by atoms with Gasteiger partial charge in [-0.05, 0) is 38.5 Å². The van der Waals surface area contributed by atoms with Crippen LogP contribution in [0.5, 0.6) is 0 Å². The second-order valence-corrected chi connectivity index (χ2v) is 5.45. The fourth-order valence-corrected chi connectivity index (χ4v) is 2.11. The lowest BCUT2D eigenvalue weighted by Crippen LogP contribution is -2.09. The van der Waals surface area contributed by atoms with Crippen LogP contribution < -0.4 is 5.73 Å². The molecule has 0 heterocycles. The number of hydrogen-bond acceptors (Lipinski definition) is 1. The number of unbranched alkanes of at least 4 members (excludes halogenated alkanes) is 8. The number of allylic oxidation sites excluding steroid dienone is 4. The molecular formula is C18H34ClNO. The van der Waals surface area contributed by atoms with Gasteiger partial charge in [0.15, 0.2) is 0 Å². The van der Waals surface area contributed by atoms with Crippen LogP contribution in [0.4, 0.5) is 0 Å². The van der Waals surface area contributed by atoms with Crippen molar-refractivity contribution >= 4 is 18.3 Å². The molecule has 2 nitrogen and oxygen atoms in total. The van der Waals surface area contributed by atoms with Crippen molar-refractivity contribution in [2.24, 2.45) is 5.73 Å². The molecule has 3 heteroatoms. The summed E-state index contributed by atoms with van der Waals surface area (Å²) in [5, 5.41) is 0. The van der Waals surface area contributed by atoms with E-state index >= 15 is 0 Å². The van der Waals surface area contributed by atoms with Crippen molar-refractivity contribution in [2.75, 3.05) is 0 Å². The summed E-state index contributed by atoms with van der Waals surface area (Å²) in [4.78, 5) is 10.5. The third-order valence-electron chi connectivity index (χ3n) is 3.37. The molecule has 0 unspecified atom stereocenters. The Labute approximate surface area is 137 Å². The smallest absolute Gasteiger partial charge is 0.217 e. The molecule has 0 aromatic heterocycles. The molecule has 0 fully saturated rings. The van der Waals surface area contributed by atoms with E-state index in [1.165, 1.54) is 51.4 Å². The molecule has 0 aliphatic rings. The highest BCUT2D eigenvalue weighted by Gasteiger charge is 1.94. The van der Waals surface area contributed by atoms with Gasteiger partial charge in [0.2, 0.25) is 5.91 Å². The number of amides is 1. The third kappa shape index (κ3) is 21.7. The number of nitrogens with two attached hydrogens (primary N) is 1. The predicted octanol–water partition coefficient (Wildman–Crippen LogP) is 5.71. The normalized spacial score (nSPS) is 11.1. The van der Waals surface area contributed by atoms with Gasteiger partial charge in [-0.15, -0.1) is 12.4 Å². The van der Waals surface area contributed by atoms with E-state index in [9.17, 15) is 4.79 Å². The first kappa shape index (κ1) is 22.5. The van der Waals surface area contributed by atoms with Crippen LogP contribution in [0.2, 0.25) is 0 Å². The molecule has 21 heavy (non-hydrogen) atoms. The zero-order valence-electron chi connectivity index (χ0n) is 13.7. The number of carbonyl (C=O) groups is 1. The van der Waals surface area contributed by atoms with Crippen LogP contribution in [0, 0.1) is 0 Å². The van der Waals surface area contributed by atoms with Crippen molar-refractivity contribution in [3.63, 3.8) is 0 Å².